The Hall–Kier alpha value is -3.84. The standard InChI is InChI=1S/C28H31N3O4/c1-34-21-14-15-23(26(17-21)35-2)25-13-8-16-31(25)19-27(32)30-24-12-7-6-11-22(24)28(33)29-18-20-9-4-3-5-10-20/h3-7,9-12,14-15,17,25H,8,13,16,18-19H2,1-2H3,(H,29,33)(H,30,32)/t25-/m0/s1. The van der Waals surface area contributed by atoms with E-state index in [4.69, 9.17) is 9.47 Å². The maximum atomic E-state index is 13.0. The smallest absolute Gasteiger partial charge is 0.253 e. The Balaban J connectivity index is 1.42. The van der Waals surface area contributed by atoms with Gasteiger partial charge < -0.3 is 20.1 Å². The van der Waals surface area contributed by atoms with E-state index in [-0.39, 0.29) is 24.4 Å². The molecule has 0 aromatic heterocycles. The molecule has 182 valence electrons. The van der Waals surface area contributed by atoms with E-state index >= 15 is 0 Å². The highest BCUT2D eigenvalue weighted by atomic mass is 16.5. The molecule has 0 bridgehead atoms. The molecule has 4 rings (SSSR count). The van der Waals surface area contributed by atoms with Gasteiger partial charge in [0.2, 0.25) is 5.91 Å². The number of benzene rings is 3. The maximum Gasteiger partial charge on any atom is 0.253 e. The number of methoxy groups -OCH3 is 2. The highest BCUT2D eigenvalue weighted by molar-refractivity contribution is 6.04. The van der Waals surface area contributed by atoms with Crippen molar-refractivity contribution in [2.45, 2.75) is 25.4 Å². The van der Waals surface area contributed by atoms with Crippen molar-refractivity contribution in [1.29, 1.82) is 0 Å². The number of ether oxygens (including phenoxy) is 2. The molecule has 3 aromatic carbocycles. The molecule has 7 nitrogen and oxygen atoms in total. The van der Waals surface area contributed by atoms with E-state index in [2.05, 4.69) is 15.5 Å². The van der Waals surface area contributed by atoms with E-state index in [0.717, 1.165) is 42.0 Å². The quantitative estimate of drug-likeness (QED) is 0.481. The number of carbonyl (C=O) groups is 2. The lowest BCUT2D eigenvalue weighted by Gasteiger charge is -2.26. The van der Waals surface area contributed by atoms with E-state index in [1.165, 1.54) is 0 Å². The summed E-state index contributed by atoms with van der Waals surface area (Å²) >= 11 is 0. The summed E-state index contributed by atoms with van der Waals surface area (Å²) in [6, 6.07) is 22.7. The summed E-state index contributed by atoms with van der Waals surface area (Å²) in [5, 5.41) is 5.87. The fourth-order valence-electron chi connectivity index (χ4n) is 4.50. The van der Waals surface area contributed by atoms with Crippen LogP contribution in [-0.4, -0.2) is 44.0 Å². The van der Waals surface area contributed by atoms with Crippen molar-refractivity contribution in [2.75, 3.05) is 32.6 Å². The molecule has 1 atom stereocenters. The number of anilines is 1. The van der Waals surface area contributed by atoms with Gasteiger partial charge in [0, 0.05) is 24.2 Å². The molecular formula is C28H31N3O4. The Morgan fingerprint density at radius 3 is 2.51 bits per heavy atom. The second-order valence-corrected chi connectivity index (χ2v) is 8.50. The van der Waals surface area contributed by atoms with Crippen molar-refractivity contribution in [3.8, 4) is 11.5 Å². The molecule has 35 heavy (non-hydrogen) atoms. The highest BCUT2D eigenvalue weighted by Gasteiger charge is 2.30. The minimum atomic E-state index is -0.230. The number of likely N-dealkylation sites (tertiary alicyclic amines) is 1. The molecule has 1 aliphatic rings. The number of carbonyl (C=O) groups excluding carboxylic acids is 2. The molecule has 2 amide bonds. The van der Waals surface area contributed by atoms with Gasteiger partial charge in [-0.05, 0) is 43.1 Å². The zero-order valence-corrected chi connectivity index (χ0v) is 20.1. The van der Waals surface area contributed by atoms with Crippen LogP contribution in [0, 0.1) is 0 Å². The van der Waals surface area contributed by atoms with Crippen molar-refractivity contribution in [3.05, 3.63) is 89.5 Å². The molecule has 7 heteroatoms. The minimum absolute atomic E-state index is 0.0750. The number of para-hydroxylation sites is 1. The maximum absolute atomic E-state index is 13.0. The summed E-state index contributed by atoms with van der Waals surface area (Å²) in [5.74, 6) is 1.09. The molecule has 1 heterocycles. The first kappa shape index (κ1) is 24.3. The molecule has 0 radical (unpaired) electrons. The number of rotatable bonds is 9. The van der Waals surface area contributed by atoms with Crippen molar-refractivity contribution in [1.82, 2.24) is 10.2 Å². The molecule has 0 spiro atoms. The van der Waals surface area contributed by atoms with Crippen LogP contribution < -0.4 is 20.1 Å². The summed E-state index contributed by atoms with van der Waals surface area (Å²) < 4.78 is 10.9. The minimum Gasteiger partial charge on any atom is -0.497 e. The van der Waals surface area contributed by atoms with E-state index in [9.17, 15) is 9.59 Å². The van der Waals surface area contributed by atoms with E-state index < -0.39 is 0 Å². The SMILES string of the molecule is COc1ccc([C@@H]2CCCN2CC(=O)Nc2ccccc2C(=O)NCc2ccccc2)c(OC)c1. The van der Waals surface area contributed by atoms with Crippen molar-refractivity contribution >= 4 is 17.5 Å². The molecule has 0 unspecified atom stereocenters. The van der Waals surface area contributed by atoms with Crippen LogP contribution in [-0.2, 0) is 11.3 Å². The molecule has 0 aliphatic carbocycles. The second kappa shape index (κ2) is 11.5. The van der Waals surface area contributed by atoms with Gasteiger partial charge in [-0.2, -0.15) is 0 Å². The van der Waals surface area contributed by atoms with Crippen molar-refractivity contribution in [2.24, 2.45) is 0 Å². The number of nitrogens with one attached hydrogen (secondary N) is 2. The molecular weight excluding hydrogens is 442 g/mol. The predicted molar refractivity (Wildman–Crippen MR) is 136 cm³/mol. The van der Waals surface area contributed by atoms with E-state index in [0.29, 0.717) is 17.8 Å². The lowest BCUT2D eigenvalue weighted by atomic mass is 10.0. The summed E-state index contributed by atoms with van der Waals surface area (Å²) in [5.41, 5.74) is 2.99. The Morgan fingerprint density at radius 2 is 1.74 bits per heavy atom. The van der Waals surface area contributed by atoms with Crippen LogP contribution in [0.5, 0.6) is 11.5 Å². The number of nitrogens with zero attached hydrogens (tertiary/aromatic N) is 1. The fraction of sp³-hybridized carbons (Fsp3) is 0.286. The topological polar surface area (TPSA) is 79.9 Å². The van der Waals surface area contributed by atoms with Crippen LogP contribution in [0.4, 0.5) is 5.69 Å². The van der Waals surface area contributed by atoms with Gasteiger partial charge >= 0.3 is 0 Å². The average molecular weight is 474 g/mol. The third-order valence-corrected chi connectivity index (χ3v) is 6.25. The zero-order valence-electron chi connectivity index (χ0n) is 20.1. The number of hydrogen-bond acceptors (Lipinski definition) is 5. The Bertz CT molecular complexity index is 1170. The van der Waals surface area contributed by atoms with Crippen LogP contribution in [0.2, 0.25) is 0 Å². The van der Waals surface area contributed by atoms with Crippen molar-refractivity contribution < 1.29 is 19.1 Å². The second-order valence-electron chi connectivity index (χ2n) is 8.50. The van der Waals surface area contributed by atoms with Gasteiger partial charge in [-0.25, -0.2) is 0 Å². The summed E-state index contributed by atoms with van der Waals surface area (Å²) in [7, 11) is 3.27. The average Bonchev–Trinajstić information content (AvgIpc) is 3.35. The van der Waals surface area contributed by atoms with Gasteiger partial charge in [0.15, 0.2) is 0 Å². The molecule has 1 fully saturated rings. The highest BCUT2D eigenvalue weighted by Crippen LogP contribution is 2.38. The van der Waals surface area contributed by atoms with E-state index in [1.54, 1.807) is 32.4 Å². The van der Waals surface area contributed by atoms with Crippen LogP contribution >= 0.6 is 0 Å². The van der Waals surface area contributed by atoms with Gasteiger partial charge in [-0.3, -0.25) is 14.5 Å². The Kier molecular flexibility index (Phi) is 8.00. The summed E-state index contributed by atoms with van der Waals surface area (Å²) in [4.78, 5) is 28.0. The lowest BCUT2D eigenvalue weighted by molar-refractivity contribution is -0.117. The lowest BCUT2D eigenvalue weighted by Crippen LogP contribution is -2.33. The Labute approximate surface area is 206 Å². The molecule has 0 saturated carbocycles. The first-order valence-electron chi connectivity index (χ1n) is 11.8. The van der Waals surface area contributed by atoms with Crippen LogP contribution in [0.25, 0.3) is 0 Å². The van der Waals surface area contributed by atoms with Crippen LogP contribution in [0.1, 0.15) is 40.4 Å². The molecule has 3 aromatic rings. The van der Waals surface area contributed by atoms with Crippen molar-refractivity contribution in [3.63, 3.8) is 0 Å². The summed E-state index contributed by atoms with van der Waals surface area (Å²) in [6.07, 6.45) is 1.93. The normalized spacial score (nSPS) is 15.4. The monoisotopic (exact) mass is 473 g/mol. The van der Waals surface area contributed by atoms with Gasteiger partial charge in [0.1, 0.15) is 11.5 Å². The molecule has 1 aliphatic heterocycles. The molecule has 1 saturated heterocycles. The fourth-order valence-corrected chi connectivity index (χ4v) is 4.50. The first-order chi connectivity index (χ1) is 17.1. The third kappa shape index (κ3) is 6.00. The van der Waals surface area contributed by atoms with Gasteiger partial charge in [0.05, 0.1) is 32.0 Å². The summed E-state index contributed by atoms with van der Waals surface area (Å²) in [6.45, 7) is 1.45. The number of amides is 2. The van der Waals surface area contributed by atoms with Gasteiger partial charge in [-0.15, -0.1) is 0 Å². The van der Waals surface area contributed by atoms with E-state index in [1.807, 2.05) is 54.6 Å². The first-order valence-corrected chi connectivity index (χ1v) is 11.8. The Morgan fingerprint density at radius 1 is 0.971 bits per heavy atom. The van der Waals surface area contributed by atoms with Crippen LogP contribution in [0.3, 0.4) is 0 Å². The van der Waals surface area contributed by atoms with Gasteiger partial charge in [0.25, 0.3) is 5.91 Å². The third-order valence-electron chi connectivity index (χ3n) is 6.25. The van der Waals surface area contributed by atoms with Gasteiger partial charge in [-0.1, -0.05) is 48.5 Å². The zero-order chi connectivity index (χ0) is 24.6. The predicted octanol–water partition coefficient (Wildman–Crippen LogP) is 4.41. The van der Waals surface area contributed by atoms with Crippen LogP contribution in [0.15, 0.2) is 72.8 Å². The number of hydrogen-bond donors (Lipinski definition) is 2. The largest absolute Gasteiger partial charge is 0.497 e. The molecule has 2 N–H and O–H groups in total.